The van der Waals surface area contributed by atoms with Gasteiger partial charge in [-0.05, 0) is 24.3 Å². The van der Waals surface area contributed by atoms with E-state index in [-0.39, 0.29) is 28.1 Å². The van der Waals surface area contributed by atoms with Gasteiger partial charge in [0.25, 0.3) is 5.69 Å². The van der Waals surface area contributed by atoms with Gasteiger partial charge < -0.3 is 14.8 Å². The Bertz CT molecular complexity index is 1710. The molecule has 0 unspecified atom stereocenters. The molecule has 3 aromatic carbocycles. The number of ether oxygens (including phenoxy) is 1. The van der Waals surface area contributed by atoms with E-state index in [9.17, 15) is 34.9 Å². The number of carbonyl (C=O) groups is 3. The minimum atomic E-state index is -1.23. The molecular weight excluding hydrogens is 480 g/mol. The third-order valence-corrected chi connectivity index (χ3v) is 5.83. The lowest BCUT2D eigenvalue weighted by Gasteiger charge is -2.18. The molecule has 5 rings (SSSR count). The summed E-state index contributed by atoms with van der Waals surface area (Å²) in [7, 11) is 0. The summed E-state index contributed by atoms with van der Waals surface area (Å²) in [4.78, 5) is 56.9. The van der Waals surface area contributed by atoms with Crippen LogP contribution < -0.4 is 0 Å². The molecule has 11 nitrogen and oxygen atoms in total. The Morgan fingerprint density at radius 1 is 1.03 bits per heavy atom. The van der Waals surface area contributed by atoms with Crippen molar-refractivity contribution >= 4 is 39.8 Å². The van der Waals surface area contributed by atoms with E-state index in [1.165, 1.54) is 18.2 Å². The number of allylic oxidation sites excluding steroid dienone is 1. The highest BCUT2D eigenvalue weighted by molar-refractivity contribution is 6.30. The average molecular weight is 494 g/mol. The number of rotatable bonds is 5. The van der Waals surface area contributed by atoms with Gasteiger partial charge >= 0.3 is 5.97 Å². The maximum absolute atomic E-state index is 13.1. The largest absolute Gasteiger partial charge is 0.507 e. The molecule has 0 amide bonds. The van der Waals surface area contributed by atoms with Crippen LogP contribution in [0.1, 0.15) is 48.0 Å². The van der Waals surface area contributed by atoms with Gasteiger partial charge in [-0.2, -0.15) is 5.26 Å². The number of H-pyrrole nitrogens is 1. The highest BCUT2D eigenvalue weighted by atomic mass is 16.6. The number of fused-ring (bicyclic) bond motifs is 3. The maximum Gasteiger partial charge on any atom is 0.345 e. The van der Waals surface area contributed by atoms with Crippen molar-refractivity contribution in [3.05, 3.63) is 110 Å². The van der Waals surface area contributed by atoms with Crippen LogP contribution >= 0.6 is 0 Å². The first kappa shape index (κ1) is 23.1. The Balaban J connectivity index is 1.48. The summed E-state index contributed by atoms with van der Waals surface area (Å²) >= 11 is 0. The SMILES string of the molecule is N#CC(=C(O)COC(=O)c1ccc2c(c1[N+](=O)[O-])C(=O)c1ccccc1C2=O)c1nc2ccccc2[nH]1. The lowest BCUT2D eigenvalue weighted by atomic mass is 9.82. The first-order chi connectivity index (χ1) is 17.8. The van der Waals surface area contributed by atoms with E-state index >= 15 is 0 Å². The predicted octanol–water partition coefficient (Wildman–Crippen LogP) is 3.90. The lowest BCUT2D eigenvalue weighted by Crippen LogP contribution is -2.24. The molecule has 37 heavy (non-hydrogen) atoms. The highest BCUT2D eigenvalue weighted by Gasteiger charge is 2.39. The molecule has 0 aliphatic heterocycles. The average Bonchev–Trinajstić information content (AvgIpc) is 3.33. The standard InChI is InChI=1S/C26H14N4O7/c27-11-17(25-28-18-7-3-4-8-19(18)29-25)20(31)12-37-26(34)16-10-9-15-21(22(16)30(35)36)24(33)14-6-2-1-5-13(14)23(15)32/h1-10,31H,12H2,(H,28,29). The van der Waals surface area contributed by atoms with Gasteiger partial charge in [-0.3, -0.25) is 19.7 Å². The number of para-hydroxylation sites is 2. The number of nitro benzene ring substituents is 1. The van der Waals surface area contributed by atoms with Crippen LogP contribution in [0.25, 0.3) is 16.6 Å². The minimum Gasteiger partial charge on any atom is -0.507 e. The summed E-state index contributed by atoms with van der Waals surface area (Å²) in [6.07, 6.45) is 0. The van der Waals surface area contributed by atoms with Crippen LogP contribution in [0.4, 0.5) is 5.69 Å². The molecule has 1 heterocycles. The lowest BCUT2D eigenvalue weighted by molar-refractivity contribution is -0.385. The summed E-state index contributed by atoms with van der Waals surface area (Å²) in [6, 6.07) is 16.8. The van der Waals surface area contributed by atoms with Crippen molar-refractivity contribution in [2.24, 2.45) is 0 Å². The number of nitrogens with one attached hydrogen (secondary N) is 1. The summed E-state index contributed by atoms with van der Waals surface area (Å²) in [5, 5.41) is 31.9. The fourth-order valence-corrected chi connectivity index (χ4v) is 4.13. The van der Waals surface area contributed by atoms with Crippen LogP contribution in [0.2, 0.25) is 0 Å². The molecule has 4 aromatic rings. The van der Waals surface area contributed by atoms with Crippen molar-refractivity contribution in [2.45, 2.75) is 0 Å². The predicted molar refractivity (Wildman–Crippen MR) is 128 cm³/mol. The second-order valence-corrected chi connectivity index (χ2v) is 7.96. The number of aliphatic hydroxyl groups is 1. The van der Waals surface area contributed by atoms with E-state index in [0.717, 1.165) is 12.1 Å². The van der Waals surface area contributed by atoms with Gasteiger partial charge in [0.2, 0.25) is 5.78 Å². The van der Waals surface area contributed by atoms with Crippen molar-refractivity contribution < 1.29 is 29.2 Å². The first-order valence-electron chi connectivity index (χ1n) is 10.8. The molecular formula is C26H14N4O7. The number of hydrogen-bond donors (Lipinski definition) is 2. The van der Waals surface area contributed by atoms with Gasteiger partial charge in [0.15, 0.2) is 17.4 Å². The molecule has 0 bridgehead atoms. The van der Waals surface area contributed by atoms with E-state index in [1.54, 1.807) is 36.4 Å². The summed E-state index contributed by atoms with van der Waals surface area (Å²) in [6.45, 7) is -0.803. The van der Waals surface area contributed by atoms with E-state index in [1.807, 2.05) is 0 Å². The molecule has 1 aliphatic carbocycles. The van der Waals surface area contributed by atoms with E-state index in [2.05, 4.69) is 9.97 Å². The Morgan fingerprint density at radius 3 is 2.38 bits per heavy atom. The third kappa shape index (κ3) is 3.78. The number of aromatic nitrogens is 2. The van der Waals surface area contributed by atoms with Crippen LogP contribution in [0.5, 0.6) is 0 Å². The minimum absolute atomic E-state index is 0.0151. The maximum atomic E-state index is 13.1. The number of nitro groups is 1. The van der Waals surface area contributed by atoms with Crippen molar-refractivity contribution in [1.29, 1.82) is 5.26 Å². The van der Waals surface area contributed by atoms with Gasteiger partial charge in [-0.15, -0.1) is 0 Å². The molecule has 0 fully saturated rings. The molecule has 0 atom stereocenters. The second-order valence-electron chi connectivity index (χ2n) is 7.96. The van der Waals surface area contributed by atoms with Crippen LogP contribution in [0, 0.1) is 21.4 Å². The van der Waals surface area contributed by atoms with Gasteiger partial charge in [0.1, 0.15) is 29.4 Å². The molecule has 0 saturated heterocycles. The molecule has 0 saturated carbocycles. The second kappa shape index (κ2) is 8.86. The molecule has 0 spiro atoms. The topological polar surface area (TPSA) is 176 Å². The zero-order chi connectivity index (χ0) is 26.3. The van der Waals surface area contributed by atoms with Crippen molar-refractivity contribution in [1.82, 2.24) is 9.97 Å². The van der Waals surface area contributed by atoms with Crippen molar-refractivity contribution in [3.63, 3.8) is 0 Å². The number of nitrogens with zero attached hydrogens (tertiary/aromatic N) is 3. The fourth-order valence-electron chi connectivity index (χ4n) is 4.13. The Morgan fingerprint density at radius 2 is 1.70 bits per heavy atom. The number of imidazole rings is 1. The van der Waals surface area contributed by atoms with E-state index < -0.39 is 51.6 Å². The molecule has 1 aliphatic rings. The van der Waals surface area contributed by atoms with Gasteiger partial charge in [-0.1, -0.05) is 36.4 Å². The van der Waals surface area contributed by atoms with Crippen LogP contribution in [0.15, 0.2) is 66.4 Å². The summed E-state index contributed by atoms with van der Waals surface area (Å²) < 4.78 is 5.04. The Labute approximate surface area is 207 Å². The normalized spacial score (nSPS) is 12.8. The number of nitriles is 1. The quantitative estimate of drug-likeness (QED) is 0.121. The molecule has 0 radical (unpaired) electrons. The van der Waals surface area contributed by atoms with Crippen molar-refractivity contribution in [3.8, 4) is 6.07 Å². The molecule has 180 valence electrons. The number of ketones is 2. The molecule has 1 aromatic heterocycles. The monoisotopic (exact) mass is 494 g/mol. The number of hydrogen-bond acceptors (Lipinski definition) is 9. The first-order valence-corrected chi connectivity index (χ1v) is 10.8. The Hall–Kier alpha value is -5.63. The number of esters is 1. The number of carbonyl (C=O) groups excluding carboxylic acids is 3. The number of aromatic amines is 1. The Kier molecular flexibility index (Phi) is 5.54. The smallest absolute Gasteiger partial charge is 0.345 e. The van der Waals surface area contributed by atoms with Gasteiger partial charge in [0.05, 0.1) is 16.0 Å². The van der Waals surface area contributed by atoms with Crippen LogP contribution in [-0.4, -0.2) is 44.1 Å². The molecule has 11 heteroatoms. The zero-order valence-corrected chi connectivity index (χ0v) is 18.7. The fraction of sp³-hybridized carbons (Fsp3) is 0.0385. The highest BCUT2D eigenvalue weighted by Crippen LogP contribution is 2.36. The van der Waals surface area contributed by atoms with Crippen LogP contribution in [-0.2, 0) is 4.74 Å². The van der Waals surface area contributed by atoms with E-state index in [4.69, 9.17) is 4.74 Å². The van der Waals surface area contributed by atoms with Crippen LogP contribution in [0.3, 0.4) is 0 Å². The number of aliphatic hydroxyl groups excluding tert-OH is 1. The summed E-state index contributed by atoms with van der Waals surface area (Å²) in [5.74, 6) is -3.19. The third-order valence-electron chi connectivity index (χ3n) is 5.83. The van der Waals surface area contributed by atoms with Gasteiger partial charge in [0, 0.05) is 16.7 Å². The zero-order valence-electron chi connectivity index (χ0n) is 18.7. The van der Waals surface area contributed by atoms with Gasteiger partial charge in [-0.25, -0.2) is 9.78 Å². The summed E-state index contributed by atoms with van der Waals surface area (Å²) in [5.41, 5.74) is -1.22. The van der Waals surface area contributed by atoms with Crippen molar-refractivity contribution in [2.75, 3.05) is 6.61 Å². The number of benzene rings is 3. The van der Waals surface area contributed by atoms with E-state index in [0.29, 0.717) is 11.0 Å². The molecule has 2 N–H and O–H groups in total.